The highest BCUT2D eigenvalue weighted by atomic mass is 35.5. The van der Waals surface area contributed by atoms with E-state index >= 15 is 0 Å². The van der Waals surface area contributed by atoms with Gasteiger partial charge < -0.3 is 21.5 Å². The molecule has 190 valence electrons. The van der Waals surface area contributed by atoms with Gasteiger partial charge in [-0.1, -0.05) is 17.7 Å². The molecule has 5 N–H and O–H groups in total. The molecule has 0 saturated carbocycles. The first-order chi connectivity index (χ1) is 15.9. The van der Waals surface area contributed by atoms with Crippen LogP contribution in [0.4, 0.5) is 15.3 Å². The van der Waals surface area contributed by atoms with Crippen molar-refractivity contribution in [1.29, 1.82) is 0 Å². The summed E-state index contributed by atoms with van der Waals surface area (Å²) in [4.78, 5) is 21.6. The molecule has 0 atom stereocenters. The highest BCUT2D eigenvalue weighted by Crippen LogP contribution is 2.34. The number of amides is 1. The molecule has 0 spiro atoms. The molecule has 1 heterocycles. The van der Waals surface area contributed by atoms with E-state index in [-0.39, 0.29) is 48.9 Å². The first-order valence-corrected chi connectivity index (χ1v) is 11.9. The average molecular weight is 547 g/mol. The number of nitrogens with zero attached hydrogens (tertiary/aromatic N) is 3. The fraction of sp³-hybridized carbons (Fsp3) is 0.286. The van der Waals surface area contributed by atoms with Gasteiger partial charge in [0, 0.05) is 17.8 Å². The predicted molar refractivity (Wildman–Crippen MR) is 137 cm³/mol. The quantitative estimate of drug-likeness (QED) is 0.338. The van der Waals surface area contributed by atoms with Crippen LogP contribution >= 0.6 is 24.0 Å². The Labute approximate surface area is 213 Å². The zero-order valence-electron chi connectivity index (χ0n) is 18.9. The van der Waals surface area contributed by atoms with Crippen LogP contribution in [0.3, 0.4) is 0 Å². The second-order valence-electron chi connectivity index (χ2n) is 7.85. The van der Waals surface area contributed by atoms with Crippen LogP contribution in [0.5, 0.6) is 5.75 Å². The summed E-state index contributed by atoms with van der Waals surface area (Å²) in [7, 11) is -4.85. The van der Waals surface area contributed by atoms with Gasteiger partial charge in [0.2, 0.25) is 17.8 Å². The summed E-state index contributed by atoms with van der Waals surface area (Å²) >= 11 is 6.37. The van der Waals surface area contributed by atoms with Crippen molar-refractivity contribution in [2.75, 3.05) is 16.8 Å². The van der Waals surface area contributed by atoms with Crippen LogP contribution in [0, 0.1) is 0 Å². The fourth-order valence-electron chi connectivity index (χ4n) is 3.36. The highest BCUT2D eigenvalue weighted by Gasteiger charge is 2.33. The Morgan fingerprint density at radius 3 is 2.57 bits per heavy atom. The monoisotopic (exact) mass is 546 g/mol. The summed E-state index contributed by atoms with van der Waals surface area (Å²) < 4.78 is 40.7. The lowest BCUT2D eigenvalue weighted by Gasteiger charge is -2.38. The van der Waals surface area contributed by atoms with Crippen molar-refractivity contribution in [2.45, 2.75) is 37.2 Å². The number of hydrogen-bond acceptors (Lipinski definition) is 9. The Hall–Kier alpha value is -3.09. The van der Waals surface area contributed by atoms with E-state index in [0.717, 1.165) is 12.1 Å². The largest absolute Gasteiger partial charge is 0.492 e. The van der Waals surface area contributed by atoms with Gasteiger partial charge in [-0.2, -0.15) is 13.4 Å². The van der Waals surface area contributed by atoms with Gasteiger partial charge in [-0.15, -0.1) is 16.3 Å². The van der Waals surface area contributed by atoms with Crippen molar-refractivity contribution >= 4 is 63.4 Å². The third-order valence-corrected chi connectivity index (χ3v) is 5.88. The maximum atomic E-state index is 13.1. The topological polar surface area (TPSA) is 152 Å². The number of benzene rings is 2. The van der Waals surface area contributed by atoms with E-state index in [1.54, 1.807) is 23.1 Å². The molecule has 35 heavy (non-hydrogen) atoms. The molecule has 1 aliphatic rings. The summed E-state index contributed by atoms with van der Waals surface area (Å²) in [5.41, 5.74) is 11.8. The Kier molecular flexibility index (Phi) is 8.93. The van der Waals surface area contributed by atoms with Crippen LogP contribution in [0.25, 0.3) is 0 Å². The van der Waals surface area contributed by atoms with Gasteiger partial charge in [-0.3, -0.25) is 9.69 Å². The number of ether oxygens (including phenoxy) is 1. The highest BCUT2D eigenvalue weighted by molar-refractivity contribution is 7.86. The minimum atomic E-state index is -4.85. The molecule has 0 fully saturated rings. The smallest absolute Gasteiger partial charge is 0.332 e. The van der Waals surface area contributed by atoms with Crippen molar-refractivity contribution in [3.63, 3.8) is 0 Å². The van der Waals surface area contributed by atoms with Gasteiger partial charge >= 0.3 is 10.2 Å². The second kappa shape index (κ2) is 11.1. The molecule has 0 bridgehead atoms. The molecule has 0 saturated heterocycles. The number of nitrogens with one attached hydrogen (secondary N) is 1. The molecule has 0 unspecified atom stereocenters. The fourth-order valence-corrected chi connectivity index (χ4v) is 4.10. The zero-order valence-corrected chi connectivity index (χ0v) is 21.3. The third-order valence-electron chi connectivity index (χ3n) is 4.77. The number of carbonyl (C=O) groups is 1. The Morgan fingerprint density at radius 2 is 1.94 bits per heavy atom. The van der Waals surface area contributed by atoms with Gasteiger partial charge in [-0.25, -0.2) is 4.99 Å². The average Bonchev–Trinajstić information content (AvgIpc) is 2.70. The lowest BCUT2D eigenvalue weighted by atomic mass is 10.1. The van der Waals surface area contributed by atoms with E-state index in [1.807, 2.05) is 13.8 Å². The third kappa shape index (κ3) is 7.20. The summed E-state index contributed by atoms with van der Waals surface area (Å²) in [5, 5.41) is 2.85. The molecular formula is C21H25Cl2FN6O4S. The van der Waals surface area contributed by atoms with Gasteiger partial charge in [0.25, 0.3) is 0 Å². The molecule has 10 nitrogen and oxygen atoms in total. The molecule has 0 aromatic heterocycles. The number of aliphatic imine (C=N–C) groups is 2. The molecular weight excluding hydrogens is 522 g/mol. The number of rotatable bonds is 8. The lowest BCUT2D eigenvalue weighted by molar-refractivity contribution is -0.116. The van der Waals surface area contributed by atoms with Crippen LogP contribution in [0.15, 0.2) is 57.3 Å². The van der Waals surface area contributed by atoms with Crippen molar-refractivity contribution in [2.24, 2.45) is 21.5 Å². The summed E-state index contributed by atoms with van der Waals surface area (Å²) in [6.07, 6.45) is 0.453. The summed E-state index contributed by atoms with van der Waals surface area (Å²) in [6, 6.07) is 10.0. The van der Waals surface area contributed by atoms with Crippen molar-refractivity contribution < 1.29 is 21.8 Å². The van der Waals surface area contributed by atoms with Crippen LogP contribution in [-0.2, 0) is 15.0 Å². The van der Waals surface area contributed by atoms with Gasteiger partial charge in [0.15, 0.2) is 0 Å². The van der Waals surface area contributed by atoms with E-state index in [2.05, 4.69) is 15.3 Å². The molecule has 14 heteroatoms. The molecule has 0 radical (unpaired) electrons. The summed E-state index contributed by atoms with van der Waals surface area (Å²) in [5.74, 6) is 0.317. The standard InChI is InChI=1S/C21H24ClFN6O4S.ClH/c1-21(2)28-19(24)27-20(25)29(21)14-8-9-17(16(22)12-14)33-10-4-7-18(30)26-13-5-3-6-15(11-13)34(23,31)32;/h3,5-6,8-9,11-12H,4,7,10H2,1-2H3,(H,26,30)(H4,24,25,27,28);1H. The Bertz CT molecular complexity index is 1270. The van der Waals surface area contributed by atoms with Crippen molar-refractivity contribution in [3.05, 3.63) is 47.5 Å². The Balaban J connectivity index is 0.00000432. The number of carbonyl (C=O) groups excluding carboxylic acids is 1. The molecule has 3 rings (SSSR count). The normalized spacial score (nSPS) is 14.9. The lowest BCUT2D eigenvalue weighted by Crippen LogP contribution is -2.54. The second-order valence-corrected chi connectivity index (χ2v) is 9.60. The van der Waals surface area contributed by atoms with Gasteiger partial charge in [-0.05, 0) is 56.7 Å². The number of hydrogen-bond donors (Lipinski definition) is 3. The van der Waals surface area contributed by atoms with Crippen LogP contribution in [-0.4, -0.2) is 38.5 Å². The molecule has 0 aliphatic carbocycles. The molecule has 1 aliphatic heterocycles. The van der Waals surface area contributed by atoms with E-state index in [0.29, 0.717) is 22.9 Å². The van der Waals surface area contributed by atoms with Gasteiger partial charge in [0.1, 0.15) is 16.3 Å². The predicted octanol–water partition coefficient (Wildman–Crippen LogP) is 3.40. The molecule has 1 amide bonds. The number of nitrogens with two attached hydrogens (primary N) is 2. The van der Waals surface area contributed by atoms with Gasteiger partial charge in [0.05, 0.1) is 11.6 Å². The first kappa shape index (κ1) is 28.1. The van der Waals surface area contributed by atoms with E-state index in [9.17, 15) is 17.1 Å². The number of anilines is 2. The minimum Gasteiger partial charge on any atom is -0.492 e. The number of guanidine groups is 2. The maximum absolute atomic E-state index is 13.1. The first-order valence-electron chi connectivity index (χ1n) is 10.1. The molecule has 2 aromatic rings. The summed E-state index contributed by atoms with van der Waals surface area (Å²) in [6.45, 7) is 3.86. The SMILES string of the molecule is CC1(C)N=C(N)N=C(N)N1c1ccc(OCCCC(=O)Nc2cccc(S(=O)(=O)F)c2)c(Cl)c1.Cl. The maximum Gasteiger partial charge on any atom is 0.332 e. The van der Waals surface area contributed by atoms with E-state index in [1.165, 1.54) is 12.1 Å². The van der Waals surface area contributed by atoms with Crippen molar-refractivity contribution in [1.82, 2.24) is 0 Å². The Morgan fingerprint density at radius 1 is 1.23 bits per heavy atom. The van der Waals surface area contributed by atoms with E-state index in [4.69, 9.17) is 27.8 Å². The van der Waals surface area contributed by atoms with Crippen LogP contribution in [0.2, 0.25) is 5.02 Å². The van der Waals surface area contributed by atoms with E-state index < -0.39 is 20.8 Å². The number of halogens is 3. The van der Waals surface area contributed by atoms with Crippen LogP contribution < -0.4 is 26.4 Å². The minimum absolute atomic E-state index is 0. The van der Waals surface area contributed by atoms with Crippen molar-refractivity contribution in [3.8, 4) is 5.75 Å². The zero-order chi connectivity index (χ0) is 25.1. The molecule has 2 aromatic carbocycles. The van der Waals surface area contributed by atoms with Crippen LogP contribution in [0.1, 0.15) is 26.7 Å².